The Hall–Kier alpha value is -2.34. The van der Waals surface area contributed by atoms with Gasteiger partial charge >= 0.3 is 0 Å². The van der Waals surface area contributed by atoms with Gasteiger partial charge in [0, 0.05) is 34.1 Å². The fourth-order valence-electron chi connectivity index (χ4n) is 2.35. The van der Waals surface area contributed by atoms with Crippen LogP contribution in [0.5, 0.6) is 11.5 Å². The van der Waals surface area contributed by atoms with Crippen LogP contribution in [0.15, 0.2) is 47.4 Å². The Balaban J connectivity index is 1.97. The molecule has 5 nitrogen and oxygen atoms in total. The van der Waals surface area contributed by atoms with E-state index in [1.54, 1.807) is 37.6 Å². The number of unbranched alkanes of at least 4 members (excludes halogenated alkanes) is 1. The van der Waals surface area contributed by atoms with Gasteiger partial charge < -0.3 is 14.8 Å². The summed E-state index contributed by atoms with van der Waals surface area (Å²) in [5.74, 6) is 1.18. The molecule has 2 rings (SSSR count). The van der Waals surface area contributed by atoms with Crippen LogP contribution in [-0.4, -0.2) is 30.1 Å². The van der Waals surface area contributed by atoms with Crippen molar-refractivity contribution in [1.29, 1.82) is 0 Å². The van der Waals surface area contributed by atoms with Crippen molar-refractivity contribution < 1.29 is 18.5 Å². The number of rotatable bonds is 9. The molecule has 1 unspecified atom stereocenters. The van der Waals surface area contributed by atoms with E-state index < -0.39 is 10.8 Å². The second-order valence-corrected chi connectivity index (χ2v) is 7.23. The average molecular weight is 375 g/mol. The largest absolute Gasteiger partial charge is 0.493 e. The summed E-state index contributed by atoms with van der Waals surface area (Å²) in [5, 5.41) is 2.88. The number of nitrogens with one attached hydrogen (secondary N) is 1. The van der Waals surface area contributed by atoms with Gasteiger partial charge in [-0.25, -0.2) is 0 Å². The molecule has 1 N–H and O–H groups in total. The molecule has 0 fully saturated rings. The summed E-state index contributed by atoms with van der Waals surface area (Å²) < 4.78 is 22.5. The highest BCUT2D eigenvalue weighted by atomic mass is 32.2. The quantitative estimate of drug-likeness (QED) is 0.681. The van der Waals surface area contributed by atoms with Crippen LogP contribution < -0.4 is 14.8 Å². The zero-order chi connectivity index (χ0) is 18.9. The minimum absolute atomic E-state index is 0.180. The van der Waals surface area contributed by atoms with Gasteiger partial charge in [-0.3, -0.25) is 9.00 Å². The van der Waals surface area contributed by atoms with Gasteiger partial charge in [0.15, 0.2) is 11.5 Å². The summed E-state index contributed by atoms with van der Waals surface area (Å²) in [4.78, 5) is 13.0. The topological polar surface area (TPSA) is 64.6 Å². The molecule has 140 valence electrons. The summed E-state index contributed by atoms with van der Waals surface area (Å²) in [6.07, 6.45) is 3.67. The highest BCUT2D eigenvalue weighted by Crippen LogP contribution is 2.28. The van der Waals surface area contributed by atoms with Gasteiger partial charge in [-0.05, 0) is 48.4 Å². The van der Waals surface area contributed by atoms with Crippen molar-refractivity contribution >= 4 is 16.7 Å². The molecule has 26 heavy (non-hydrogen) atoms. The summed E-state index contributed by atoms with van der Waals surface area (Å²) in [6.45, 7) is 3.15. The molecule has 0 saturated carbocycles. The number of hydrogen-bond donors (Lipinski definition) is 1. The van der Waals surface area contributed by atoms with E-state index in [4.69, 9.17) is 9.47 Å². The first kappa shape index (κ1) is 20.0. The standard InChI is InChI=1S/C20H25NO4S/c1-4-5-12-25-18-11-6-15(13-19(18)24-2)14-21-20(22)16-7-9-17(10-8-16)26(3)23/h6-11,13H,4-5,12,14H2,1-3H3,(H,21,22). The van der Waals surface area contributed by atoms with Crippen LogP contribution in [0.25, 0.3) is 0 Å². The van der Waals surface area contributed by atoms with Crippen molar-refractivity contribution in [2.24, 2.45) is 0 Å². The number of carbonyl (C=O) groups excluding carboxylic acids is 1. The van der Waals surface area contributed by atoms with Crippen LogP contribution in [0.1, 0.15) is 35.7 Å². The van der Waals surface area contributed by atoms with E-state index in [2.05, 4.69) is 12.2 Å². The molecular weight excluding hydrogens is 350 g/mol. The number of hydrogen-bond acceptors (Lipinski definition) is 4. The second-order valence-electron chi connectivity index (χ2n) is 5.85. The van der Waals surface area contributed by atoms with Gasteiger partial charge in [-0.2, -0.15) is 0 Å². The minimum atomic E-state index is -1.05. The van der Waals surface area contributed by atoms with E-state index in [0.29, 0.717) is 35.1 Å². The van der Waals surface area contributed by atoms with E-state index in [1.807, 2.05) is 18.2 Å². The van der Waals surface area contributed by atoms with Crippen molar-refractivity contribution in [3.63, 3.8) is 0 Å². The lowest BCUT2D eigenvalue weighted by Gasteiger charge is -2.12. The Morgan fingerprint density at radius 3 is 2.46 bits per heavy atom. The maximum absolute atomic E-state index is 12.3. The van der Waals surface area contributed by atoms with Crippen LogP contribution in [0.4, 0.5) is 0 Å². The Labute approximate surface area is 157 Å². The minimum Gasteiger partial charge on any atom is -0.493 e. The smallest absolute Gasteiger partial charge is 0.251 e. The van der Waals surface area contributed by atoms with Crippen molar-refractivity contribution in [1.82, 2.24) is 5.32 Å². The summed E-state index contributed by atoms with van der Waals surface area (Å²) in [7, 11) is 0.550. The Morgan fingerprint density at radius 1 is 1.12 bits per heavy atom. The van der Waals surface area contributed by atoms with Crippen LogP contribution in [-0.2, 0) is 17.3 Å². The first-order valence-electron chi connectivity index (χ1n) is 8.56. The number of benzene rings is 2. The van der Waals surface area contributed by atoms with Gasteiger partial charge in [0.25, 0.3) is 5.91 Å². The molecule has 2 aromatic rings. The third-order valence-electron chi connectivity index (χ3n) is 3.88. The Bertz CT molecular complexity index is 759. The maximum Gasteiger partial charge on any atom is 0.251 e. The van der Waals surface area contributed by atoms with E-state index >= 15 is 0 Å². The highest BCUT2D eigenvalue weighted by Gasteiger charge is 2.09. The monoisotopic (exact) mass is 375 g/mol. The highest BCUT2D eigenvalue weighted by molar-refractivity contribution is 7.84. The third-order valence-corrected chi connectivity index (χ3v) is 4.82. The van der Waals surface area contributed by atoms with Gasteiger partial charge in [0.05, 0.1) is 13.7 Å². The van der Waals surface area contributed by atoms with Crippen molar-refractivity contribution in [3.8, 4) is 11.5 Å². The molecule has 0 radical (unpaired) electrons. The SMILES string of the molecule is CCCCOc1ccc(CNC(=O)c2ccc(S(C)=O)cc2)cc1OC. The molecule has 0 aliphatic heterocycles. The van der Waals surface area contributed by atoms with Gasteiger partial charge in [0.1, 0.15) is 0 Å². The summed E-state index contributed by atoms with van der Waals surface area (Å²) >= 11 is 0. The zero-order valence-corrected chi connectivity index (χ0v) is 16.2. The molecular formula is C20H25NO4S. The molecule has 0 aliphatic rings. The fraction of sp³-hybridized carbons (Fsp3) is 0.350. The fourth-order valence-corrected chi connectivity index (χ4v) is 2.87. The second kappa shape index (κ2) is 9.97. The molecule has 0 aliphatic carbocycles. The number of carbonyl (C=O) groups is 1. The molecule has 0 aromatic heterocycles. The lowest BCUT2D eigenvalue weighted by molar-refractivity contribution is 0.0951. The molecule has 2 aromatic carbocycles. The van der Waals surface area contributed by atoms with Crippen LogP contribution in [0.3, 0.4) is 0 Å². The van der Waals surface area contributed by atoms with E-state index in [9.17, 15) is 9.00 Å². The van der Waals surface area contributed by atoms with Crippen molar-refractivity contribution in [2.45, 2.75) is 31.2 Å². The molecule has 0 spiro atoms. The molecule has 0 bridgehead atoms. The predicted octanol–water partition coefficient (Wildman–Crippen LogP) is 3.54. The van der Waals surface area contributed by atoms with Crippen molar-refractivity contribution in [2.75, 3.05) is 20.0 Å². The normalized spacial score (nSPS) is 11.7. The number of amides is 1. The predicted molar refractivity (Wildman–Crippen MR) is 103 cm³/mol. The lowest BCUT2D eigenvalue weighted by atomic mass is 10.1. The van der Waals surface area contributed by atoms with Gasteiger partial charge in [-0.15, -0.1) is 0 Å². The number of methoxy groups -OCH3 is 1. The Kier molecular flexibility index (Phi) is 7.66. The van der Waals surface area contributed by atoms with E-state index in [1.165, 1.54) is 0 Å². The van der Waals surface area contributed by atoms with Gasteiger partial charge in [0.2, 0.25) is 0 Å². The van der Waals surface area contributed by atoms with E-state index in [-0.39, 0.29) is 5.91 Å². The molecule has 1 amide bonds. The van der Waals surface area contributed by atoms with Gasteiger partial charge in [-0.1, -0.05) is 19.4 Å². The first-order chi connectivity index (χ1) is 12.5. The molecule has 1 atom stereocenters. The summed E-state index contributed by atoms with van der Waals surface area (Å²) in [6, 6.07) is 12.4. The van der Waals surface area contributed by atoms with Crippen LogP contribution >= 0.6 is 0 Å². The Morgan fingerprint density at radius 2 is 1.85 bits per heavy atom. The third kappa shape index (κ3) is 5.59. The lowest BCUT2D eigenvalue weighted by Crippen LogP contribution is -2.22. The first-order valence-corrected chi connectivity index (χ1v) is 10.1. The van der Waals surface area contributed by atoms with E-state index in [0.717, 1.165) is 18.4 Å². The average Bonchev–Trinajstić information content (AvgIpc) is 2.66. The number of ether oxygens (including phenoxy) is 2. The maximum atomic E-state index is 12.3. The van der Waals surface area contributed by atoms with Crippen LogP contribution in [0, 0.1) is 0 Å². The zero-order valence-electron chi connectivity index (χ0n) is 15.4. The van der Waals surface area contributed by atoms with Crippen LogP contribution in [0.2, 0.25) is 0 Å². The van der Waals surface area contributed by atoms with Crippen molar-refractivity contribution in [3.05, 3.63) is 53.6 Å². The summed E-state index contributed by atoms with van der Waals surface area (Å²) in [5.41, 5.74) is 1.45. The molecule has 0 heterocycles. The molecule has 6 heteroatoms. The molecule has 0 saturated heterocycles.